The van der Waals surface area contributed by atoms with E-state index in [0.29, 0.717) is 29.0 Å². The quantitative estimate of drug-likeness (QED) is 0.794. The second kappa shape index (κ2) is 7.90. The standard InChI is InChI=1S/C17H28ClNO2/c1-7-12(2)11-21-16-14(18)8-13(9-15(16)20-6)10-19-17(3,4)5/h8-9,12,19H,7,10-11H2,1-6H3. The van der Waals surface area contributed by atoms with Crippen LogP contribution in [0.5, 0.6) is 11.5 Å². The highest BCUT2D eigenvalue weighted by Crippen LogP contribution is 2.36. The molecule has 0 saturated carbocycles. The van der Waals surface area contributed by atoms with Gasteiger partial charge in [0.25, 0.3) is 0 Å². The zero-order valence-electron chi connectivity index (χ0n) is 14.0. The highest BCUT2D eigenvalue weighted by atomic mass is 35.5. The van der Waals surface area contributed by atoms with Gasteiger partial charge < -0.3 is 14.8 Å². The highest BCUT2D eigenvalue weighted by Gasteiger charge is 2.15. The molecule has 120 valence electrons. The van der Waals surface area contributed by atoms with Gasteiger partial charge in [0.05, 0.1) is 18.7 Å². The largest absolute Gasteiger partial charge is 0.493 e. The fourth-order valence-corrected chi connectivity index (χ4v) is 2.01. The van der Waals surface area contributed by atoms with Gasteiger partial charge in [0.1, 0.15) is 0 Å². The van der Waals surface area contributed by atoms with Crippen molar-refractivity contribution < 1.29 is 9.47 Å². The molecule has 3 nitrogen and oxygen atoms in total. The maximum atomic E-state index is 6.36. The first-order chi connectivity index (χ1) is 9.76. The molecule has 1 atom stereocenters. The van der Waals surface area contributed by atoms with Crippen molar-refractivity contribution in [3.8, 4) is 11.5 Å². The summed E-state index contributed by atoms with van der Waals surface area (Å²) in [5.74, 6) is 1.82. The van der Waals surface area contributed by atoms with Crippen molar-refractivity contribution >= 4 is 11.6 Å². The zero-order valence-corrected chi connectivity index (χ0v) is 14.8. The number of hydrogen-bond acceptors (Lipinski definition) is 3. The molecule has 0 spiro atoms. The van der Waals surface area contributed by atoms with Crippen molar-refractivity contribution in [2.45, 2.75) is 53.1 Å². The van der Waals surface area contributed by atoms with Crippen molar-refractivity contribution in [1.82, 2.24) is 5.32 Å². The van der Waals surface area contributed by atoms with E-state index in [1.54, 1.807) is 7.11 Å². The Kier molecular flexibility index (Phi) is 6.82. The molecule has 1 N–H and O–H groups in total. The van der Waals surface area contributed by atoms with Crippen LogP contribution < -0.4 is 14.8 Å². The Morgan fingerprint density at radius 2 is 1.95 bits per heavy atom. The minimum atomic E-state index is 0.0610. The second-order valence-electron chi connectivity index (χ2n) is 6.54. The van der Waals surface area contributed by atoms with Gasteiger partial charge in [-0.3, -0.25) is 0 Å². The van der Waals surface area contributed by atoms with Crippen LogP contribution in [0.25, 0.3) is 0 Å². The molecule has 0 aliphatic heterocycles. The van der Waals surface area contributed by atoms with E-state index >= 15 is 0 Å². The summed E-state index contributed by atoms with van der Waals surface area (Å²) >= 11 is 6.36. The normalized spacial score (nSPS) is 13.1. The van der Waals surface area contributed by atoms with E-state index in [9.17, 15) is 0 Å². The van der Waals surface area contributed by atoms with Crippen molar-refractivity contribution in [1.29, 1.82) is 0 Å². The van der Waals surface area contributed by atoms with Crippen LogP contribution in [0.1, 0.15) is 46.6 Å². The SMILES string of the molecule is CCC(C)COc1c(Cl)cc(CNC(C)(C)C)cc1OC. The van der Waals surface area contributed by atoms with E-state index in [2.05, 4.69) is 39.9 Å². The maximum Gasteiger partial charge on any atom is 0.179 e. The molecule has 1 unspecified atom stereocenters. The van der Waals surface area contributed by atoms with Crippen molar-refractivity contribution in [3.63, 3.8) is 0 Å². The van der Waals surface area contributed by atoms with Gasteiger partial charge in [0.2, 0.25) is 0 Å². The molecular weight excluding hydrogens is 286 g/mol. The molecule has 21 heavy (non-hydrogen) atoms. The third-order valence-corrected chi connectivity index (χ3v) is 3.60. The minimum Gasteiger partial charge on any atom is -0.493 e. The fraction of sp³-hybridized carbons (Fsp3) is 0.647. The Bertz CT molecular complexity index is 455. The van der Waals surface area contributed by atoms with E-state index in [-0.39, 0.29) is 5.54 Å². The van der Waals surface area contributed by atoms with E-state index < -0.39 is 0 Å². The summed E-state index contributed by atoms with van der Waals surface area (Å²) in [7, 11) is 1.64. The van der Waals surface area contributed by atoms with Crippen LogP contribution in [0.3, 0.4) is 0 Å². The van der Waals surface area contributed by atoms with Gasteiger partial charge in [0.15, 0.2) is 11.5 Å². The van der Waals surface area contributed by atoms with Crippen LogP contribution in [-0.2, 0) is 6.54 Å². The van der Waals surface area contributed by atoms with E-state index in [0.717, 1.165) is 18.5 Å². The van der Waals surface area contributed by atoms with Crippen LogP contribution in [0.2, 0.25) is 5.02 Å². The first-order valence-corrected chi connectivity index (χ1v) is 7.88. The molecule has 0 heterocycles. The summed E-state index contributed by atoms with van der Waals surface area (Å²) in [5, 5.41) is 4.04. The van der Waals surface area contributed by atoms with Gasteiger partial charge in [-0.2, -0.15) is 0 Å². The lowest BCUT2D eigenvalue weighted by Gasteiger charge is -2.21. The molecular formula is C17H28ClNO2. The average Bonchev–Trinajstić information content (AvgIpc) is 2.42. The first kappa shape index (κ1) is 18.1. The van der Waals surface area contributed by atoms with E-state index in [1.165, 1.54) is 0 Å². The van der Waals surface area contributed by atoms with Crippen molar-refractivity contribution in [2.75, 3.05) is 13.7 Å². The molecule has 1 rings (SSSR count). The lowest BCUT2D eigenvalue weighted by atomic mass is 10.1. The summed E-state index contributed by atoms with van der Waals surface area (Å²) in [6.07, 6.45) is 1.08. The molecule has 1 aromatic carbocycles. The average molecular weight is 314 g/mol. The molecule has 0 amide bonds. The van der Waals surface area contributed by atoms with Gasteiger partial charge in [-0.15, -0.1) is 0 Å². The molecule has 0 aliphatic carbocycles. The summed E-state index contributed by atoms with van der Waals surface area (Å²) in [5.41, 5.74) is 1.15. The predicted molar refractivity (Wildman–Crippen MR) is 89.5 cm³/mol. The van der Waals surface area contributed by atoms with Crippen LogP contribution >= 0.6 is 11.6 Å². The molecule has 0 radical (unpaired) electrons. The molecule has 4 heteroatoms. The smallest absolute Gasteiger partial charge is 0.179 e. The molecule has 0 bridgehead atoms. The summed E-state index contributed by atoms with van der Waals surface area (Å²) in [6, 6.07) is 3.92. The Morgan fingerprint density at radius 1 is 1.29 bits per heavy atom. The van der Waals surface area contributed by atoms with Gasteiger partial charge >= 0.3 is 0 Å². The van der Waals surface area contributed by atoms with Gasteiger partial charge in [-0.25, -0.2) is 0 Å². The van der Waals surface area contributed by atoms with Crippen molar-refractivity contribution in [3.05, 3.63) is 22.7 Å². The molecule has 0 fully saturated rings. The molecule has 0 saturated heterocycles. The number of benzene rings is 1. The molecule has 0 aliphatic rings. The summed E-state index contributed by atoms with van der Waals surface area (Å²) < 4.78 is 11.3. The van der Waals surface area contributed by atoms with Crippen LogP contribution in [0.4, 0.5) is 0 Å². The van der Waals surface area contributed by atoms with E-state index in [4.69, 9.17) is 21.1 Å². The van der Waals surface area contributed by atoms with Crippen LogP contribution in [0, 0.1) is 5.92 Å². The van der Waals surface area contributed by atoms with Gasteiger partial charge in [-0.1, -0.05) is 31.9 Å². The van der Waals surface area contributed by atoms with Crippen LogP contribution in [-0.4, -0.2) is 19.3 Å². The van der Waals surface area contributed by atoms with E-state index in [1.807, 2.05) is 12.1 Å². The Balaban J connectivity index is 2.86. The fourth-order valence-electron chi connectivity index (χ4n) is 1.73. The minimum absolute atomic E-state index is 0.0610. The summed E-state index contributed by atoms with van der Waals surface area (Å²) in [6.45, 7) is 12.1. The Labute approximate surface area is 134 Å². The highest BCUT2D eigenvalue weighted by molar-refractivity contribution is 6.32. The van der Waals surface area contributed by atoms with Crippen LogP contribution in [0.15, 0.2) is 12.1 Å². The number of hydrogen-bond donors (Lipinski definition) is 1. The number of methoxy groups -OCH3 is 1. The Hall–Kier alpha value is -0.930. The third-order valence-electron chi connectivity index (χ3n) is 3.32. The van der Waals surface area contributed by atoms with Gasteiger partial charge in [-0.05, 0) is 44.4 Å². The number of rotatable bonds is 7. The number of ether oxygens (including phenoxy) is 2. The second-order valence-corrected chi connectivity index (χ2v) is 6.94. The lowest BCUT2D eigenvalue weighted by molar-refractivity contribution is 0.244. The summed E-state index contributed by atoms with van der Waals surface area (Å²) in [4.78, 5) is 0. The lowest BCUT2D eigenvalue weighted by Crippen LogP contribution is -2.35. The molecule has 0 aromatic heterocycles. The maximum absolute atomic E-state index is 6.36. The number of halogens is 1. The van der Waals surface area contributed by atoms with Gasteiger partial charge in [0, 0.05) is 12.1 Å². The third kappa shape index (κ3) is 6.15. The zero-order chi connectivity index (χ0) is 16.0. The first-order valence-electron chi connectivity index (χ1n) is 7.51. The van der Waals surface area contributed by atoms with Crippen molar-refractivity contribution in [2.24, 2.45) is 5.92 Å². The monoisotopic (exact) mass is 313 g/mol. The Morgan fingerprint density at radius 3 is 2.48 bits per heavy atom. The molecule has 1 aromatic rings. The predicted octanol–water partition coefficient (Wildman–Crippen LogP) is 4.66. The number of nitrogens with one attached hydrogen (secondary N) is 1. The topological polar surface area (TPSA) is 30.5 Å².